The summed E-state index contributed by atoms with van der Waals surface area (Å²) in [4.78, 5) is 26.0. The Morgan fingerprint density at radius 3 is 2.48 bits per heavy atom. The second kappa shape index (κ2) is 11.9. The molecule has 0 aliphatic rings. The highest BCUT2D eigenvalue weighted by atomic mass is 32.2. The van der Waals surface area contributed by atoms with Crippen LogP contribution >= 0.6 is 0 Å². The molecule has 0 spiro atoms. The molecule has 0 heterocycles. The minimum Gasteiger partial charge on any atom is -0.493 e. The maximum Gasteiger partial charge on any atom is 0.338 e. The van der Waals surface area contributed by atoms with Gasteiger partial charge in [0.05, 0.1) is 31.2 Å². The van der Waals surface area contributed by atoms with Crippen molar-refractivity contribution in [3.05, 3.63) is 53.6 Å². The molecule has 10 heteroatoms. The van der Waals surface area contributed by atoms with Gasteiger partial charge in [0.2, 0.25) is 10.0 Å². The lowest BCUT2D eigenvalue weighted by atomic mass is 10.1. The van der Waals surface area contributed by atoms with Gasteiger partial charge in [0, 0.05) is 13.6 Å². The molecule has 2 rings (SSSR count). The van der Waals surface area contributed by atoms with Crippen molar-refractivity contribution < 1.29 is 32.2 Å². The summed E-state index contributed by atoms with van der Waals surface area (Å²) in [6, 6.07) is 10.8. The topological polar surface area (TPSA) is 111 Å². The number of nitrogens with one attached hydrogen (secondary N) is 1. The van der Waals surface area contributed by atoms with E-state index in [9.17, 15) is 18.0 Å². The van der Waals surface area contributed by atoms with E-state index in [1.54, 1.807) is 27.3 Å². The first kappa shape index (κ1) is 25.7. The average Bonchev–Trinajstić information content (AvgIpc) is 2.84. The van der Waals surface area contributed by atoms with Crippen LogP contribution < -0.4 is 14.2 Å². The highest BCUT2D eigenvalue weighted by molar-refractivity contribution is 7.89. The summed E-state index contributed by atoms with van der Waals surface area (Å²) in [7, 11) is 0.838. The molecule has 0 saturated heterocycles. The molecule has 0 aromatic heterocycles. The molecule has 0 aliphatic heterocycles. The van der Waals surface area contributed by atoms with Crippen molar-refractivity contribution in [3.63, 3.8) is 0 Å². The lowest BCUT2D eigenvalue weighted by Gasteiger charge is -2.17. The second-order valence-electron chi connectivity index (χ2n) is 6.89. The lowest BCUT2D eigenvalue weighted by molar-refractivity contribution is -0.133. The van der Waals surface area contributed by atoms with Gasteiger partial charge in [0.25, 0.3) is 5.91 Å². The number of nitrogens with zero attached hydrogens (tertiary/aromatic N) is 1. The van der Waals surface area contributed by atoms with Crippen molar-refractivity contribution >= 4 is 21.9 Å². The van der Waals surface area contributed by atoms with Crippen molar-refractivity contribution in [1.29, 1.82) is 0 Å². The van der Waals surface area contributed by atoms with Crippen LogP contribution in [0.5, 0.6) is 11.5 Å². The van der Waals surface area contributed by atoms with Gasteiger partial charge in [0.15, 0.2) is 18.1 Å². The molecule has 0 bridgehead atoms. The van der Waals surface area contributed by atoms with E-state index in [0.29, 0.717) is 24.5 Å². The molecule has 0 radical (unpaired) electrons. The van der Waals surface area contributed by atoms with Gasteiger partial charge in [-0.15, -0.1) is 6.42 Å². The van der Waals surface area contributed by atoms with Gasteiger partial charge in [-0.25, -0.2) is 13.2 Å². The summed E-state index contributed by atoms with van der Waals surface area (Å²) in [6.07, 6.45) is 5.62. The van der Waals surface area contributed by atoms with Crippen LogP contribution in [0.15, 0.2) is 47.4 Å². The summed E-state index contributed by atoms with van der Waals surface area (Å²) in [5.74, 6) is 2.16. The predicted octanol–water partition coefficient (Wildman–Crippen LogP) is 1.47. The molecule has 9 nitrogen and oxygen atoms in total. The molecular formula is C23H26N2O7S. The number of methoxy groups -OCH3 is 2. The third-order valence-corrected chi connectivity index (χ3v) is 6.08. The predicted molar refractivity (Wildman–Crippen MR) is 122 cm³/mol. The minimum absolute atomic E-state index is 0.000589. The van der Waals surface area contributed by atoms with Crippen molar-refractivity contribution in [2.45, 2.75) is 11.3 Å². The van der Waals surface area contributed by atoms with Crippen LogP contribution in [0, 0.1) is 12.3 Å². The molecule has 0 aliphatic carbocycles. The molecule has 1 amide bonds. The molecule has 0 saturated carbocycles. The van der Waals surface area contributed by atoms with E-state index in [2.05, 4.69) is 10.6 Å². The lowest BCUT2D eigenvalue weighted by Crippen LogP contribution is -2.33. The van der Waals surface area contributed by atoms with Crippen LogP contribution in [0.4, 0.5) is 0 Å². The fourth-order valence-electron chi connectivity index (χ4n) is 2.79. The summed E-state index contributed by atoms with van der Waals surface area (Å²) >= 11 is 0. The summed E-state index contributed by atoms with van der Waals surface area (Å²) in [6.45, 7) is -0.269. The van der Waals surface area contributed by atoms with E-state index in [0.717, 1.165) is 11.6 Å². The van der Waals surface area contributed by atoms with Crippen LogP contribution in [-0.4, -0.2) is 66.2 Å². The van der Waals surface area contributed by atoms with Crippen LogP contribution in [0.25, 0.3) is 0 Å². The van der Waals surface area contributed by atoms with Gasteiger partial charge < -0.3 is 19.1 Å². The van der Waals surface area contributed by atoms with E-state index < -0.39 is 28.5 Å². The Balaban J connectivity index is 1.92. The molecule has 0 unspecified atom stereocenters. The first-order chi connectivity index (χ1) is 15.7. The highest BCUT2D eigenvalue weighted by Gasteiger charge is 2.18. The maximum absolute atomic E-state index is 12.3. The zero-order valence-corrected chi connectivity index (χ0v) is 19.5. The smallest absolute Gasteiger partial charge is 0.338 e. The van der Waals surface area contributed by atoms with E-state index in [-0.39, 0.29) is 17.0 Å². The van der Waals surface area contributed by atoms with Gasteiger partial charge >= 0.3 is 5.97 Å². The number of esters is 1. The number of benzene rings is 2. The van der Waals surface area contributed by atoms with Crippen LogP contribution in [0.3, 0.4) is 0 Å². The van der Waals surface area contributed by atoms with Gasteiger partial charge in [-0.2, -0.15) is 4.72 Å². The third kappa shape index (κ3) is 7.24. The largest absolute Gasteiger partial charge is 0.493 e. The Morgan fingerprint density at radius 1 is 1.09 bits per heavy atom. The highest BCUT2D eigenvalue weighted by Crippen LogP contribution is 2.27. The number of ether oxygens (including phenoxy) is 3. The molecule has 33 heavy (non-hydrogen) atoms. The van der Waals surface area contributed by atoms with Crippen molar-refractivity contribution in [2.24, 2.45) is 0 Å². The van der Waals surface area contributed by atoms with E-state index in [1.165, 1.54) is 23.1 Å². The van der Waals surface area contributed by atoms with Crippen LogP contribution in [0.2, 0.25) is 0 Å². The quantitative estimate of drug-likeness (QED) is 0.388. The van der Waals surface area contributed by atoms with Gasteiger partial charge in [0.1, 0.15) is 0 Å². The number of terminal acetylenes is 1. The SMILES string of the molecule is C#CCNS(=O)(=O)c1cccc(C(=O)OCC(=O)N(C)CCc2ccc(OC)c(OC)c2)c1. The fraction of sp³-hybridized carbons (Fsp3) is 0.304. The van der Waals surface area contributed by atoms with Crippen molar-refractivity contribution in [1.82, 2.24) is 9.62 Å². The number of likely N-dealkylation sites (N-methyl/N-ethyl adjacent to an activating group) is 1. The van der Waals surface area contributed by atoms with Crippen molar-refractivity contribution in [2.75, 3.05) is 41.0 Å². The zero-order valence-electron chi connectivity index (χ0n) is 18.7. The summed E-state index contributed by atoms with van der Waals surface area (Å²) in [5.41, 5.74) is 0.945. The van der Waals surface area contributed by atoms with Gasteiger partial charge in [-0.3, -0.25) is 4.79 Å². The standard InChI is InChI=1S/C23H26N2O7S/c1-5-12-24-33(28,29)19-8-6-7-18(15-19)23(27)32-16-22(26)25(2)13-11-17-9-10-20(30-3)21(14-17)31-4/h1,6-10,14-15,24H,11-13,16H2,2-4H3. The number of hydrogen-bond donors (Lipinski definition) is 1. The van der Waals surface area contributed by atoms with Crippen LogP contribution in [-0.2, 0) is 26.0 Å². The maximum atomic E-state index is 12.3. The third-order valence-electron chi connectivity index (χ3n) is 4.68. The number of amides is 1. The number of sulfonamides is 1. The normalized spacial score (nSPS) is 10.7. The Hall–Kier alpha value is -3.55. The number of rotatable bonds is 11. The molecular weight excluding hydrogens is 448 g/mol. The molecule has 2 aromatic carbocycles. The molecule has 176 valence electrons. The summed E-state index contributed by atoms with van der Waals surface area (Å²) < 4.78 is 42.1. The molecule has 0 atom stereocenters. The number of carbonyl (C=O) groups is 2. The molecule has 0 fully saturated rings. The monoisotopic (exact) mass is 474 g/mol. The summed E-state index contributed by atoms with van der Waals surface area (Å²) in [5, 5.41) is 0. The Bertz CT molecular complexity index is 1140. The van der Waals surface area contributed by atoms with Crippen LogP contribution in [0.1, 0.15) is 15.9 Å². The average molecular weight is 475 g/mol. The van der Waals surface area contributed by atoms with E-state index in [4.69, 9.17) is 20.6 Å². The zero-order chi connectivity index (χ0) is 24.4. The van der Waals surface area contributed by atoms with E-state index >= 15 is 0 Å². The second-order valence-corrected chi connectivity index (χ2v) is 8.65. The Morgan fingerprint density at radius 2 is 1.82 bits per heavy atom. The molecule has 2 aromatic rings. The fourth-order valence-corrected chi connectivity index (χ4v) is 3.77. The van der Waals surface area contributed by atoms with Crippen molar-refractivity contribution in [3.8, 4) is 23.8 Å². The minimum atomic E-state index is -3.86. The first-order valence-electron chi connectivity index (χ1n) is 9.87. The van der Waals surface area contributed by atoms with Gasteiger partial charge in [-0.1, -0.05) is 18.1 Å². The van der Waals surface area contributed by atoms with Gasteiger partial charge in [-0.05, 0) is 42.3 Å². The van der Waals surface area contributed by atoms with E-state index in [1.807, 2.05) is 12.1 Å². The Labute approximate surface area is 193 Å². The first-order valence-corrected chi connectivity index (χ1v) is 11.3. The molecule has 1 N–H and O–H groups in total. The number of hydrogen-bond acceptors (Lipinski definition) is 7. The Kier molecular flexibility index (Phi) is 9.27. The number of carbonyl (C=O) groups excluding carboxylic acids is 2.